The summed E-state index contributed by atoms with van der Waals surface area (Å²) in [6, 6.07) is 9.04. The van der Waals surface area contributed by atoms with E-state index in [1.54, 1.807) is 18.2 Å². The second-order valence-corrected chi connectivity index (χ2v) is 9.60. The van der Waals surface area contributed by atoms with Gasteiger partial charge in [0.05, 0.1) is 0 Å². The van der Waals surface area contributed by atoms with Gasteiger partial charge in [-0.1, -0.05) is 12.1 Å². The smallest absolute Gasteiger partial charge is 0.167 e. The first-order valence-corrected chi connectivity index (χ1v) is 11.7. The zero-order valence-corrected chi connectivity index (χ0v) is 18.6. The molecule has 2 aliphatic heterocycles. The highest BCUT2D eigenvalue weighted by Gasteiger charge is 2.41. The number of nitrogens with zero attached hydrogens (tertiary/aromatic N) is 4. The number of hydrogen-bond acceptors (Lipinski definition) is 6. The van der Waals surface area contributed by atoms with Gasteiger partial charge in [-0.05, 0) is 68.1 Å². The lowest BCUT2D eigenvalue weighted by Crippen LogP contribution is -2.32. The third-order valence-electron chi connectivity index (χ3n) is 7.48. The minimum absolute atomic E-state index is 0.301. The fourth-order valence-electron chi connectivity index (χ4n) is 5.82. The summed E-state index contributed by atoms with van der Waals surface area (Å²) >= 11 is 0. The second-order valence-electron chi connectivity index (χ2n) is 9.60. The van der Waals surface area contributed by atoms with Gasteiger partial charge in [0, 0.05) is 44.5 Å². The van der Waals surface area contributed by atoms with Crippen molar-refractivity contribution in [3.8, 4) is 17.3 Å². The van der Waals surface area contributed by atoms with Crippen molar-refractivity contribution in [2.75, 3.05) is 38.2 Å². The molecule has 3 fully saturated rings. The Morgan fingerprint density at radius 2 is 1.88 bits per heavy atom. The van der Waals surface area contributed by atoms with E-state index in [9.17, 15) is 9.65 Å². The van der Waals surface area contributed by atoms with E-state index in [1.165, 1.54) is 38.5 Å². The lowest BCUT2D eigenvalue weighted by molar-refractivity contribution is 0.0545. The van der Waals surface area contributed by atoms with Crippen LogP contribution in [0.15, 0.2) is 24.3 Å². The van der Waals surface area contributed by atoms with E-state index in [-0.39, 0.29) is 5.82 Å². The number of nitriles is 1. The third kappa shape index (κ3) is 4.22. The first-order valence-electron chi connectivity index (χ1n) is 11.7. The van der Waals surface area contributed by atoms with Crippen LogP contribution in [-0.4, -0.2) is 54.0 Å². The number of aromatic nitrogens is 2. The average molecular weight is 436 g/mol. The summed E-state index contributed by atoms with van der Waals surface area (Å²) in [5.41, 5.74) is 1.92. The largest absolute Gasteiger partial charge is 0.381 e. The molecule has 3 heterocycles. The molecule has 0 amide bonds. The van der Waals surface area contributed by atoms with E-state index in [2.05, 4.69) is 26.5 Å². The monoisotopic (exact) mass is 435 g/mol. The molecule has 2 saturated heterocycles. The highest BCUT2D eigenvalue weighted by Crippen LogP contribution is 2.40. The summed E-state index contributed by atoms with van der Waals surface area (Å²) in [5, 5.41) is 21.9. The minimum Gasteiger partial charge on any atom is -0.381 e. The lowest BCUT2D eigenvalue weighted by atomic mass is 10.00. The van der Waals surface area contributed by atoms with E-state index >= 15 is 0 Å². The number of ether oxygens (including phenoxy) is 1. The highest BCUT2D eigenvalue weighted by atomic mass is 19.1. The fraction of sp³-hybridized carbons (Fsp3) is 0.560. The number of hydrogen-bond donors (Lipinski definition) is 1. The Kier molecular flexibility index (Phi) is 6.07. The first kappa shape index (κ1) is 21.3. The number of likely N-dealkylation sites (tertiary alicyclic amines) is 1. The highest BCUT2D eigenvalue weighted by molar-refractivity contribution is 5.69. The zero-order chi connectivity index (χ0) is 22.1. The van der Waals surface area contributed by atoms with E-state index < -0.39 is 0 Å². The molecule has 1 unspecified atom stereocenters. The van der Waals surface area contributed by atoms with Crippen molar-refractivity contribution in [3.63, 3.8) is 0 Å². The van der Waals surface area contributed by atoms with Crippen LogP contribution in [0.1, 0.15) is 36.8 Å². The number of rotatable bonds is 5. The molecule has 7 heteroatoms. The van der Waals surface area contributed by atoms with Gasteiger partial charge in [0.1, 0.15) is 23.1 Å². The fourth-order valence-corrected chi connectivity index (χ4v) is 5.82. The summed E-state index contributed by atoms with van der Waals surface area (Å²) in [4.78, 5) is 2.65. The van der Waals surface area contributed by atoms with Gasteiger partial charge in [-0.3, -0.25) is 0 Å². The molecule has 1 aromatic carbocycles. The standard InChI is InChI=1S/C25H30FN5O/c1-16-22(12-27)25(30-29-24(16)21-4-2-3-5-23(21)26)28-20-10-18-14-31(15-19(18)11-20)13-17-6-8-32-9-7-17/h2-5,17-20H,6-11,13-15H2,1H3,(H,28,30)/t18-,19+,20?. The van der Waals surface area contributed by atoms with Crippen LogP contribution in [0.2, 0.25) is 0 Å². The van der Waals surface area contributed by atoms with Crippen LogP contribution < -0.4 is 5.32 Å². The maximum absolute atomic E-state index is 14.3. The van der Waals surface area contributed by atoms with Crippen LogP contribution in [0.5, 0.6) is 0 Å². The second kappa shape index (κ2) is 9.13. The van der Waals surface area contributed by atoms with Gasteiger partial charge in [0.2, 0.25) is 0 Å². The van der Waals surface area contributed by atoms with E-state index in [4.69, 9.17) is 4.74 Å². The Hall–Kier alpha value is -2.56. The minimum atomic E-state index is -0.358. The van der Waals surface area contributed by atoms with E-state index in [1.807, 2.05) is 6.92 Å². The predicted molar refractivity (Wildman–Crippen MR) is 120 cm³/mol. The Balaban J connectivity index is 1.24. The van der Waals surface area contributed by atoms with Crippen LogP contribution in [-0.2, 0) is 4.74 Å². The molecule has 168 valence electrons. The maximum Gasteiger partial charge on any atom is 0.167 e. The number of anilines is 1. The molecule has 2 aromatic rings. The van der Waals surface area contributed by atoms with E-state index in [0.29, 0.717) is 46.1 Å². The predicted octanol–water partition coefficient (Wildman–Crippen LogP) is 4.01. The Bertz CT molecular complexity index is 1000. The van der Waals surface area contributed by atoms with E-state index in [0.717, 1.165) is 32.0 Å². The van der Waals surface area contributed by atoms with Crippen molar-refractivity contribution in [1.29, 1.82) is 5.26 Å². The van der Waals surface area contributed by atoms with Crippen molar-refractivity contribution in [1.82, 2.24) is 15.1 Å². The van der Waals surface area contributed by atoms with Gasteiger partial charge in [-0.2, -0.15) is 5.26 Å². The number of nitrogens with one attached hydrogen (secondary N) is 1. The molecule has 1 aliphatic carbocycles. The van der Waals surface area contributed by atoms with Crippen LogP contribution >= 0.6 is 0 Å². The quantitative estimate of drug-likeness (QED) is 0.765. The maximum atomic E-state index is 14.3. The molecule has 1 saturated carbocycles. The molecule has 0 spiro atoms. The summed E-state index contributed by atoms with van der Waals surface area (Å²) in [6.07, 6.45) is 4.56. The van der Waals surface area contributed by atoms with Gasteiger partial charge >= 0.3 is 0 Å². The van der Waals surface area contributed by atoms with Crippen LogP contribution in [0, 0.1) is 41.8 Å². The van der Waals surface area contributed by atoms with Crippen molar-refractivity contribution in [2.24, 2.45) is 17.8 Å². The van der Waals surface area contributed by atoms with Crippen LogP contribution in [0.25, 0.3) is 11.3 Å². The zero-order valence-electron chi connectivity index (χ0n) is 18.6. The van der Waals surface area contributed by atoms with Crippen LogP contribution in [0.4, 0.5) is 10.2 Å². The molecular weight excluding hydrogens is 405 g/mol. The Labute approximate surface area is 188 Å². The third-order valence-corrected chi connectivity index (χ3v) is 7.48. The first-order chi connectivity index (χ1) is 15.6. The number of fused-ring (bicyclic) bond motifs is 1. The SMILES string of the molecule is Cc1c(-c2ccccc2F)nnc(NC2C[C@@H]3CN(CC4CCOCC4)C[C@@H]3C2)c1C#N. The van der Waals surface area contributed by atoms with Crippen molar-refractivity contribution < 1.29 is 9.13 Å². The molecule has 5 rings (SSSR count). The van der Waals surface area contributed by atoms with Crippen molar-refractivity contribution >= 4 is 5.82 Å². The molecule has 1 aromatic heterocycles. The lowest BCUT2D eigenvalue weighted by Gasteiger charge is -2.27. The van der Waals surface area contributed by atoms with Gasteiger partial charge in [-0.15, -0.1) is 10.2 Å². The number of halogens is 1. The molecule has 0 bridgehead atoms. The number of benzene rings is 1. The summed E-state index contributed by atoms with van der Waals surface area (Å²) in [7, 11) is 0. The summed E-state index contributed by atoms with van der Waals surface area (Å²) in [5.74, 6) is 2.34. The molecule has 32 heavy (non-hydrogen) atoms. The molecule has 6 nitrogen and oxygen atoms in total. The molecule has 3 aliphatic rings. The summed E-state index contributed by atoms with van der Waals surface area (Å²) in [6.45, 7) is 7.18. The summed E-state index contributed by atoms with van der Waals surface area (Å²) < 4.78 is 19.7. The van der Waals surface area contributed by atoms with Crippen LogP contribution in [0.3, 0.4) is 0 Å². The van der Waals surface area contributed by atoms with Gasteiger partial charge in [0.25, 0.3) is 0 Å². The average Bonchev–Trinajstić information content (AvgIpc) is 3.33. The van der Waals surface area contributed by atoms with Crippen molar-refractivity contribution in [2.45, 2.75) is 38.6 Å². The molecule has 1 N–H and O–H groups in total. The van der Waals surface area contributed by atoms with Crippen molar-refractivity contribution in [3.05, 3.63) is 41.2 Å². The Morgan fingerprint density at radius 1 is 1.16 bits per heavy atom. The van der Waals surface area contributed by atoms with Gasteiger partial charge in [-0.25, -0.2) is 4.39 Å². The molecule has 3 atom stereocenters. The molecular formula is C25H30FN5O. The normalized spacial score (nSPS) is 26.1. The van der Waals surface area contributed by atoms with Gasteiger partial charge < -0.3 is 15.0 Å². The van der Waals surface area contributed by atoms with Gasteiger partial charge in [0.15, 0.2) is 5.82 Å². The Morgan fingerprint density at radius 3 is 2.56 bits per heavy atom. The molecule has 0 radical (unpaired) electrons. The topological polar surface area (TPSA) is 74.1 Å².